The van der Waals surface area contributed by atoms with E-state index in [9.17, 15) is 9.90 Å². The van der Waals surface area contributed by atoms with Gasteiger partial charge in [-0.1, -0.05) is 61.2 Å². The summed E-state index contributed by atoms with van der Waals surface area (Å²) in [6, 6.07) is 24.4. The van der Waals surface area contributed by atoms with Crippen LogP contribution in [0.1, 0.15) is 23.1 Å². The molecule has 0 radical (unpaired) electrons. The smallest absolute Gasteiger partial charge is 0.281 e. The van der Waals surface area contributed by atoms with Gasteiger partial charge in [0.05, 0.1) is 33.3 Å². The SMILES string of the molecule is C=CC1=NC2C(=O)N=C(/N=C/N(C)C)N=C2N1[C@H]1C[C@H](O)[C@@H](COC(c2ccccc2)(c2ccc(OC)cc2)c2cccc(OC)c2)O1. The van der Waals surface area contributed by atoms with Crippen LogP contribution in [0.15, 0.2) is 111 Å². The number of ether oxygens (including phenoxy) is 4. The van der Waals surface area contributed by atoms with Crippen molar-refractivity contribution in [3.05, 3.63) is 108 Å². The summed E-state index contributed by atoms with van der Waals surface area (Å²) in [6.07, 6.45) is 0.889. The van der Waals surface area contributed by atoms with Crippen molar-refractivity contribution in [3.8, 4) is 11.5 Å². The molecule has 3 aromatic rings. The van der Waals surface area contributed by atoms with Crippen LogP contribution in [0.5, 0.6) is 11.5 Å². The molecule has 3 aliphatic heterocycles. The minimum absolute atomic E-state index is 0.00863. The number of carbonyl (C=O) groups is 1. The molecule has 3 heterocycles. The molecule has 5 atom stereocenters. The lowest BCUT2D eigenvalue weighted by Gasteiger charge is -2.37. The first-order valence-electron chi connectivity index (χ1n) is 15.5. The molecule has 0 saturated carbocycles. The van der Waals surface area contributed by atoms with Gasteiger partial charge in [-0.15, -0.1) is 0 Å². The Morgan fingerprint density at radius 3 is 2.40 bits per heavy atom. The average Bonchev–Trinajstić information content (AvgIpc) is 3.68. The maximum absolute atomic E-state index is 12.9. The molecule has 1 amide bonds. The number of rotatable bonds is 11. The number of amidine groups is 2. The summed E-state index contributed by atoms with van der Waals surface area (Å²) in [6.45, 7) is 3.90. The summed E-state index contributed by atoms with van der Waals surface area (Å²) in [5.41, 5.74) is 1.42. The Balaban J connectivity index is 1.34. The first-order chi connectivity index (χ1) is 23.3. The molecule has 12 nitrogen and oxygen atoms in total. The number of aliphatic hydroxyl groups excluding tert-OH is 1. The van der Waals surface area contributed by atoms with Gasteiger partial charge in [-0.05, 0) is 47.0 Å². The summed E-state index contributed by atoms with van der Waals surface area (Å²) >= 11 is 0. The van der Waals surface area contributed by atoms with E-state index in [-0.39, 0.29) is 19.0 Å². The number of hydrogen-bond donors (Lipinski definition) is 1. The largest absolute Gasteiger partial charge is 0.497 e. The van der Waals surface area contributed by atoms with Gasteiger partial charge in [0, 0.05) is 20.5 Å². The van der Waals surface area contributed by atoms with E-state index in [1.807, 2.05) is 78.9 Å². The van der Waals surface area contributed by atoms with Gasteiger partial charge in [0.1, 0.15) is 35.3 Å². The van der Waals surface area contributed by atoms with Gasteiger partial charge in [0.2, 0.25) is 0 Å². The number of carbonyl (C=O) groups excluding carboxylic acids is 1. The van der Waals surface area contributed by atoms with Crippen LogP contribution in [-0.4, -0.2) is 104 Å². The highest BCUT2D eigenvalue weighted by Crippen LogP contribution is 2.43. The summed E-state index contributed by atoms with van der Waals surface area (Å²) in [5.74, 6) is 1.61. The predicted molar refractivity (Wildman–Crippen MR) is 183 cm³/mol. The molecule has 1 fully saturated rings. The molecular weight excluding hydrogens is 612 g/mol. The molecule has 0 spiro atoms. The molecule has 0 aliphatic carbocycles. The highest BCUT2D eigenvalue weighted by Gasteiger charge is 2.48. The van der Waals surface area contributed by atoms with Gasteiger partial charge in [-0.25, -0.2) is 9.98 Å². The van der Waals surface area contributed by atoms with Crippen LogP contribution in [0, 0.1) is 0 Å². The first-order valence-corrected chi connectivity index (χ1v) is 15.5. The standard InChI is InChI=1S/C36H38N6O6/c1-6-30-38-32-33(39-35(40-34(32)44)37-22-41(2)3)42(30)31-20-28(43)29(48-31)21-47-36(23-11-8-7-9-12-23,24-15-17-26(45-4)18-16-24)25-13-10-14-27(19-25)46-5/h6-19,22,28-29,31-32,43H,1,20-21H2,2-5H3/b37-22+/t28-,29+,31+,32?,36?/m0/s1. The molecule has 3 aliphatic rings. The Bertz CT molecular complexity index is 1770. The number of hydrogen-bond acceptors (Lipinski definition) is 10. The normalized spacial score (nSPS) is 23.2. The topological polar surface area (TPSA) is 130 Å². The van der Waals surface area contributed by atoms with Crippen molar-refractivity contribution in [1.29, 1.82) is 0 Å². The maximum Gasteiger partial charge on any atom is 0.281 e. The van der Waals surface area contributed by atoms with E-state index in [1.165, 1.54) is 12.4 Å². The minimum Gasteiger partial charge on any atom is -0.497 e. The van der Waals surface area contributed by atoms with Gasteiger partial charge in [-0.2, -0.15) is 9.98 Å². The van der Waals surface area contributed by atoms with Crippen LogP contribution in [0.3, 0.4) is 0 Å². The zero-order valence-corrected chi connectivity index (χ0v) is 27.3. The average molecular weight is 651 g/mol. The first kappa shape index (κ1) is 32.8. The lowest BCUT2D eigenvalue weighted by molar-refractivity contribution is -0.117. The second kappa shape index (κ2) is 13.9. The Kier molecular flexibility index (Phi) is 9.49. The lowest BCUT2D eigenvalue weighted by atomic mass is 9.80. The van der Waals surface area contributed by atoms with Crippen LogP contribution in [-0.2, 0) is 19.9 Å². The summed E-state index contributed by atoms with van der Waals surface area (Å²) in [5, 5.41) is 11.4. The zero-order valence-electron chi connectivity index (χ0n) is 27.3. The van der Waals surface area contributed by atoms with Crippen molar-refractivity contribution in [1.82, 2.24) is 9.80 Å². The molecule has 48 heavy (non-hydrogen) atoms. The quantitative estimate of drug-likeness (QED) is 0.189. The number of guanidine groups is 1. The highest BCUT2D eigenvalue weighted by atomic mass is 16.6. The maximum atomic E-state index is 12.9. The van der Waals surface area contributed by atoms with Crippen LogP contribution in [0.25, 0.3) is 0 Å². The van der Waals surface area contributed by atoms with Crippen molar-refractivity contribution in [3.63, 3.8) is 0 Å². The number of aliphatic hydroxyl groups is 1. The summed E-state index contributed by atoms with van der Waals surface area (Å²) in [7, 11) is 6.85. The van der Waals surface area contributed by atoms with Crippen molar-refractivity contribution >= 4 is 29.9 Å². The Labute approximate surface area is 279 Å². The Hall–Kier alpha value is -5.17. The molecule has 1 saturated heterocycles. The minimum atomic E-state index is -1.12. The number of amides is 1. The second-order valence-electron chi connectivity index (χ2n) is 11.6. The molecule has 12 heteroatoms. The highest BCUT2D eigenvalue weighted by molar-refractivity contribution is 6.26. The Morgan fingerprint density at radius 2 is 1.71 bits per heavy atom. The van der Waals surface area contributed by atoms with E-state index in [2.05, 4.69) is 26.5 Å². The third-order valence-electron chi connectivity index (χ3n) is 8.35. The molecule has 6 rings (SSSR count). The fourth-order valence-corrected chi connectivity index (χ4v) is 6.06. The number of methoxy groups -OCH3 is 2. The van der Waals surface area contributed by atoms with E-state index >= 15 is 0 Å². The monoisotopic (exact) mass is 650 g/mol. The van der Waals surface area contributed by atoms with Gasteiger partial charge >= 0.3 is 0 Å². The van der Waals surface area contributed by atoms with Crippen LogP contribution >= 0.6 is 0 Å². The fourth-order valence-electron chi connectivity index (χ4n) is 6.06. The van der Waals surface area contributed by atoms with Crippen molar-refractivity contribution < 1.29 is 28.8 Å². The molecule has 0 bridgehead atoms. The molecular formula is C36H38N6O6. The van der Waals surface area contributed by atoms with E-state index in [0.29, 0.717) is 23.2 Å². The van der Waals surface area contributed by atoms with E-state index < -0.39 is 36.0 Å². The van der Waals surface area contributed by atoms with Gasteiger partial charge in [0.25, 0.3) is 11.9 Å². The number of fused-ring (bicyclic) bond motifs is 1. The van der Waals surface area contributed by atoms with Crippen molar-refractivity contribution in [2.24, 2.45) is 20.0 Å². The third-order valence-corrected chi connectivity index (χ3v) is 8.35. The van der Waals surface area contributed by atoms with E-state index in [0.717, 1.165) is 16.7 Å². The summed E-state index contributed by atoms with van der Waals surface area (Å²) in [4.78, 5) is 33.6. The van der Waals surface area contributed by atoms with Gasteiger partial charge in [0.15, 0.2) is 11.9 Å². The van der Waals surface area contributed by atoms with E-state index in [1.54, 1.807) is 38.1 Å². The molecule has 248 valence electrons. The summed E-state index contributed by atoms with van der Waals surface area (Å²) < 4.78 is 24.6. The van der Waals surface area contributed by atoms with Gasteiger partial charge in [-0.3, -0.25) is 9.69 Å². The predicted octanol–water partition coefficient (Wildman–Crippen LogP) is 3.64. The van der Waals surface area contributed by atoms with Crippen molar-refractivity contribution in [2.75, 3.05) is 34.9 Å². The van der Waals surface area contributed by atoms with Crippen LogP contribution in [0.4, 0.5) is 0 Å². The molecule has 3 aromatic carbocycles. The van der Waals surface area contributed by atoms with Crippen molar-refractivity contribution in [2.45, 2.75) is 36.5 Å². The number of nitrogens with zero attached hydrogens (tertiary/aromatic N) is 6. The second-order valence-corrected chi connectivity index (χ2v) is 11.6. The van der Waals surface area contributed by atoms with Gasteiger partial charge < -0.3 is 29.0 Å². The van der Waals surface area contributed by atoms with Crippen LogP contribution in [0.2, 0.25) is 0 Å². The van der Waals surface area contributed by atoms with E-state index in [4.69, 9.17) is 18.9 Å². The molecule has 2 unspecified atom stereocenters. The Morgan fingerprint density at radius 1 is 1.00 bits per heavy atom. The van der Waals surface area contributed by atoms with Crippen LogP contribution < -0.4 is 9.47 Å². The zero-order chi connectivity index (χ0) is 33.8. The molecule has 1 N–H and O–H groups in total. The molecule has 0 aromatic heterocycles. The number of aliphatic imine (C=N–C) groups is 4. The number of benzene rings is 3. The fraction of sp³-hybridized carbons (Fsp3) is 0.306. The lowest BCUT2D eigenvalue weighted by Crippen LogP contribution is -2.46. The third kappa shape index (κ3) is 6.25.